The molecule has 2 fully saturated rings. The summed E-state index contributed by atoms with van der Waals surface area (Å²) in [5.41, 5.74) is -0.716. The minimum atomic E-state index is -5.08. The number of carbonyl (C=O) groups excluding carboxylic acids is 1. The maximum absolute atomic E-state index is 13.7. The number of hydrogen-bond acceptors (Lipinski definition) is 5. The van der Waals surface area contributed by atoms with Gasteiger partial charge in [0.05, 0.1) is 23.7 Å². The number of likely N-dealkylation sites (tertiary alicyclic amines) is 1. The van der Waals surface area contributed by atoms with E-state index in [1.165, 1.54) is 28.9 Å². The number of aromatic nitrogens is 2. The zero-order valence-electron chi connectivity index (χ0n) is 23.3. The number of rotatable bonds is 9. The molecule has 1 aromatic carbocycles. The number of amides is 1. The van der Waals surface area contributed by atoms with Crippen molar-refractivity contribution < 1.29 is 55.3 Å². The lowest BCUT2D eigenvalue weighted by Gasteiger charge is -2.20. The number of carbonyl (C=O) groups is 3. The highest BCUT2D eigenvalue weighted by Gasteiger charge is 2.38. The number of hydrogen-bond donors (Lipinski definition) is 3. The van der Waals surface area contributed by atoms with Crippen LogP contribution in [0.4, 0.5) is 30.7 Å². The molecule has 1 amide bonds. The van der Waals surface area contributed by atoms with Crippen LogP contribution in [0.1, 0.15) is 67.0 Å². The van der Waals surface area contributed by atoms with Crippen LogP contribution in [-0.4, -0.2) is 80.8 Å². The van der Waals surface area contributed by atoms with Crippen LogP contribution in [0.5, 0.6) is 0 Å². The molecule has 1 aromatic heterocycles. The molecule has 0 radical (unpaired) electrons. The van der Waals surface area contributed by atoms with E-state index >= 15 is 0 Å². The topological polar surface area (TPSA) is 125 Å². The second kappa shape index (κ2) is 15.6. The summed E-state index contributed by atoms with van der Waals surface area (Å²) in [7, 11) is 0. The first kappa shape index (κ1) is 36.8. The van der Waals surface area contributed by atoms with Crippen molar-refractivity contribution in [2.45, 2.75) is 75.6 Å². The predicted octanol–water partition coefficient (Wildman–Crippen LogP) is 5.44. The Morgan fingerprint density at radius 1 is 1.02 bits per heavy atom. The quantitative estimate of drug-likeness (QED) is 0.307. The van der Waals surface area contributed by atoms with Crippen molar-refractivity contribution in [2.75, 3.05) is 19.6 Å². The van der Waals surface area contributed by atoms with Gasteiger partial charge in [0.25, 0.3) is 5.91 Å². The molecule has 2 atom stereocenters. The molecule has 2 aliphatic rings. The number of aliphatic carboxylic acids is 2. The highest BCUT2D eigenvalue weighted by atomic mass is 32.1. The van der Waals surface area contributed by atoms with Crippen LogP contribution in [-0.2, 0) is 15.8 Å². The Hall–Kier alpha value is -3.34. The molecule has 0 spiro atoms. The Morgan fingerprint density at radius 2 is 1.64 bits per heavy atom. The number of carboxylic acids is 2. The van der Waals surface area contributed by atoms with Crippen LogP contribution in [0.3, 0.4) is 0 Å². The largest absolute Gasteiger partial charge is 0.490 e. The molecular formula is C27H33F7N4O5S. The first-order chi connectivity index (χ1) is 20.1. The summed E-state index contributed by atoms with van der Waals surface area (Å²) >= 11 is 0. The number of nitrogens with zero attached hydrogens (tertiary/aromatic N) is 3. The lowest BCUT2D eigenvalue weighted by atomic mass is 10.0. The van der Waals surface area contributed by atoms with Gasteiger partial charge in [-0.3, -0.25) is 14.3 Å². The lowest BCUT2D eigenvalue weighted by molar-refractivity contribution is -0.192. The Labute approximate surface area is 254 Å². The normalized spacial score (nSPS) is 18.2. The molecule has 0 unspecified atom stereocenters. The molecule has 17 heteroatoms. The van der Waals surface area contributed by atoms with Gasteiger partial charge in [0.1, 0.15) is 6.17 Å². The number of alkyl halides is 7. The average Bonchev–Trinajstić information content (AvgIpc) is 3.67. The monoisotopic (exact) mass is 658 g/mol. The molecule has 44 heavy (non-hydrogen) atoms. The molecule has 2 aromatic rings. The van der Waals surface area contributed by atoms with E-state index < -0.39 is 48.0 Å². The third-order valence-electron chi connectivity index (χ3n) is 7.15. The van der Waals surface area contributed by atoms with Gasteiger partial charge in [0.2, 0.25) is 0 Å². The summed E-state index contributed by atoms with van der Waals surface area (Å²) in [6, 6.07) is 5.71. The molecule has 1 aliphatic heterocycles. The van der Waals surface area contributed by atoms with Gasteiger partial charge in [-0.05, 0) is 37.8 Å². The summed E-state index contributed by atoms with van der Waals surface area (Å²) in [6.45, 7) is 1.28. The van der Waals surface area contributed by atoms with E-state index in [2.05, 4.69) is 10.4 Å². The molecule has 4 rings (SSSR count). The van der Waals surface area contributed by atoms with Crippen LogP contribution in [0.2, 0.25) is 0 Å². The summed E-state index contributed by atoms with van der Waals surface area (Å²) < 4.78 is 88.0. The van der Waals surface area contributed by atoms with Crippen LogP contribution >= 0.6 is 13.5 Å². The van der Waals surface area contributed by atoms with Crippen molar-refractivity contribution >= 4 is 31.3 Å². The highest BCUT2D eigenvalue weighted by Crippen LogP contribution is 2.40. The third-order valence-corrected chi connectivity index (χ3v) is 7.15. The summed E-state index contributed by atoms with van der Waals surface area (Å²) in [6.07, 6.45) is -6.83. The van der Waals surface area contributed by atoms with Gasteiger partial charge in [-0.2, -0.15) is 44.9 Å². The van der Waals surface area contributed by atoms with Crippen molar-refractivity contribution in [1.82, 2.24) is 20.0 Å². The molecule has 1 aliphatic carbocycles. The van der Waals surface area contributed by atoms with Crippen molar-refractivity contribution in [3.05, 3.63) is 41.6 Å². The molecule has 246 valence electrons. The number of nitrogens with one attached hydrogen (secondary N) is 1. The minimum absolute atomic E-state index is 0. The summed E-state index contributed by atoms with van der Waals surface area (Å²) in [4.78, 5) is 35.3. The van der Waals surface area contributed by atoms with Gasteiger partial charge < -0.3 is 20.4 Å². The van der Waals surface area contributed by atoms with Crippen molar-refractivity contribution in [3.8, 4) is 11.3 Å². The Kier molecular flexibility index (Phi) is 13.1. The zero-order chi connectivity index (χ0) is 31.9. The maximum Gasteiger partial charge on any atom is 0.490 e. The molecule has 1 saturated heterocycles. The number of carboxylic acid groups (broad SMARTS) is 2. The maximum atomic E-state index is 13.7. The van der Waals surface area contributed by atoms with Crippen molar-refractivity contribution in [2.24, 2.45) is 0 Å². The second-order valence-corrected chi connectivity index (χ2v) is 10.4. The van der Waals surface area contributed by atoms with E-state index in [0.29, 0.717) is 25.9 Å². The van der Waals surface area contributed by atoms with Gasteiger partial charge in [0.15, 0.2) is 5.69 Å². The Balaban J connectivity index is 0.000000756. The first-order valence-electron chi connectivity index (χ1n) is 13.5. The molecule has 1 saturated carbocycles. The highest BCUT2D eigenvalue weighted by molar-refractivity contribution is 7.59. The average molecular weight is 659 g/mol. The van der Waals surface area contributed by atoms with Crippen LogP contribution in [0.15, 0.2) is 30.3 Å². The van der Waals surface area contributed by atoms with E-state index in [9.17, 15) is 45.4 Å². The fraction of sp³-hybridized carbons (Fsp3) is 0.556. The molecule has 0 bridgehead atoms. The van der Waals surface area contributed by atoms with E-state index in [4.69, 9.17) is 9.90 Å². The minimum Gasteiger partial charge on any atom is -0.481 e. The molecule has 9 nitrogen and oxygen atoms in total. The molecular weight excluding hydrogens is 625 g/mol. The van der Waals surface area contributed by atoms with E-state index in [-0.39, 0.29) is 49.5 Å². The zero-order valence-corrected chi connectivity index (χ0v) is 24.3. The fourth-order valence-electron chi connectivity index (χ4n) is 5.11. The van der Waals surface area contributed by atoms with Gasteiger partial charge in [-0.15, -0.1) is 0 Å². The van der Waals surface area contributed by atoms with E-state index in [1.54, 1.807) is 0 Å². The third kappa shape index (κ3) is 10.4. The lowest BCUT2D eigenvalue weighted by Crippen LogP contribution is -2.39. The van der Waals surface area contributed by atoms with Gasteiger partial charge in [-0.1, -0.05) is 31.0 Å². The summed E-state index contributed by atoms with van der Waals surface area (Å²) in [5.74, 6) is -4.50. The smallest absolute Gasteiger partial charge is 0.481 e. The van der Waals surface area contributed by atoms with E-state index in [1.807, 2.05) is 4.90 Å². The second-order valence-electron chi connectivity index (χ2n) is 10.4. The van der Waals surface area contributed by atoms with Crippen LogP contribution in [0, 0.1) is 0 Å². The number of halogens is 7. The van der Waals surface area contributed by atoms with Gasteiger partial charge in [-0.25, -0.2) is 9.18 Å². The van der Waals surface area contributed by atoms with Crippen LogP contribution < -0.4 is 5.32 Å². The van der Waals surface area contributed by atoms with Crippen LogP contribution in [0.25, 0.3) is 11.3 Å². The predicted molar refractivity (Wildman–Crippen MR) is 148 cm³/mol. The number of benzene rings is 1. The Bertz CT molecular complexity index is 1280. The summed E-state index contributed by atoms with van der Waals surface area (Å²) in [5, 5.41) is 23.5. The van der Waals surface area contributed by atoms with Gasteiger partial charge in [0, 0.05) is 31.2 Å². The van der Waals surface area contributed by atoms with Gasteiger partial charge >= 0.3 is 24.3 Å². The molecule has 2 heterocycles. The molecule has 3 N–H and O–H groups in total. The first-order valence-corrected chi connectivity index (χ1v) is 13.5. The SMILES string of the molecule is O=C(O)C(F)(F)F.O=C(O)C[C@H](CCN1CC[C@H](F)C1)NC(=O)c1cc(-c2ccccc2C(F)(F)F)n(C2CCCC2)n1.S. The standard InChI is InChI=1S/C25H30F4N4O3.C2HF3O2.H2S/c26-16-9-11-32(15-16)12-10-17(13-23(34)35)30-24(36)21-14-22(33(31-21)18-5-1-2-6-18)19-7-3-4-8-20(19)25(27,28)29;3-2(4,5)1(6)7;/h3-4,7-8,14,16-18H,1-2,5-6,9-13,15H2,(H,30,36)(H,34,35);(H,6,7);1H2/t16-,17-;;/m0../s1. The van der Waals surface area contributed by atoms with Crippen molar-refractivity contribution in [3.63, 3.8) is 0 Å². The van der Waals surface area contributed by atoms with Crippen molar-refractivity contribution in [1.29, 1.82) is 0 Å². The fourth-order valence-corrected chi connectivity index (χ4v) is 5.11. The Morgan fingerprint density at radius 3 is 2.16 bits per heavy atom. The van der Waals surface area contributed by atoms with E-state index in [0.717, 1.165) is 31.7 Å².